The normalized spacial score (nSPS) is 14.2. The molecule has 370 valence electrons. The van der Waals surface area contributed by atoms with E-state index in [1.807, 2.05) is 88.0 Å². The maximum atomic E-state index is 14.0. The van der Waals surface area contributed by atoms with Gasteiger partial charge < -0.3 is 35.1 Å². The summed E-state index contributed by atoms with van der Waals surface area (Å²) in [5.74, 6) is 0.356. The van der Waals surface area contributed by atoms with Gasteiger partial charge in [0, 0.05) is 91.1 Å². The van der Waals surface area contributed by atoms with Gasteiger partial charge in [0.05, 0.1) is 28.6 Å². The number of methoxy groups -OCH3 is 1. The van der Waals surface area contributed by atoms with Crippen LogP contribution in [0.1, 0.15) is 158 Å². The van der Waals surface area contributed by atoms with E-state index in [-0.39, 0.29) is 39.7 Å². The van der Waals surface area contributed by atoms with E-state index in [9.17, 15) is 14.4 Å². The first kappa shape index (κ1) is 54.2. The number of nitrogens with one attached hydrogen (secondary N) is 3. The largest absolute Gasteiger partial charge is 0.385 e. The Hall–Kier alpha value is -4.75. The van der Waals surface area contributed by atoms with Gasteiger partial charge in [-0.05, 0) is 159 Å². The minimum absolute atomic E-state index is 0.00973. The summed E-state index contributed by atoms with van der Waals surface area (Å²) in [4.78, 5) is 47.7. The Labute approximate surface area is 411 Å². The van der Waals surface area contributed by atoms with Gasteiger partial charge >= 0.3 is 0 Å². The monoisotopic (exact) mass is 950 g/mol. The molecule has 12 heteroatoms. The molecule has 0 spiro atoms. The first-order valence-corrected chi connectivity index (χ1v) is 25.6. The molecular formula is C56H79N5O6S. The van der Waals surface area contributed by atoms with Crippen molar-refractivity contribution in [1.82, 2.24) is 15.6 Å². The van der Waals surface area contributed by atoms with Crippen LogP contribution in [0.2, 0.25) is 0 Å². The Balaban J connectivity index is 1.15. The average molecular weight is 950 g/mol. The predicted molar refractivity (Wildman–Crippen MR) is 280 cm³/mol. The van der Waals surface area contributed by atoms with Crippen molar-refractivity contribution in [1.29, 1.82) is 0 Å². The summed E-state index contributed by atoms with van der Waals surface area (Å²) in [7, 11) is 1.69. The first-order chi connectivity index (χ1) is 32.2. The van der Waals surface area contributed by atoms with Crippen LogP contribution in [0.4, 0.5) is 11.4 Å². The third-order valence-electron chi connectivity index (χ3n) is 12.9. The summed E-state index contributed by atoms with van der Waals surface area (Å²) in [6, 6.07) is 25.6. The molecule has 0 aliphatic heterocycles. The van der Waals surface area contributed by atoms with Crippen LogP contribution < -0.4 is 20.9 Å². The SMILES string of the molecule is CCN(CC)c1ccc(NC(=O)c2cccc(CSC(C)(C)CCOC(C)(C)CCC(=O)NC(C)(C)CCOC(C)(C)CCOC)c2)c(-c2cc(C(=O)N[C@H]3CCCc4ccccc43)ccn2)c1. The van der Waals surface area contributed by atoms with E-state index in [0.717, 1.165) is 67.8 Å². The smallest absolute Gasteiger partial charge is 0.255 e. The molecule has 0 saturated carbocycles. The molecule has 4 aromatic rings. The summed E-state index contributed by atoms with van der Waals surface area (Å²) in [6.07, 6.45) is 7.92. The number of carbonyl (C=O) groups excluding carboxylic acids is 3. The molecule has 0 unspecified atom stereocenters. The number of hydrogen-bond donors (Lipinski definition) is 3. The Morgan fingerprint density at radius 3 is 2.21 bits per heavy atom. The highest BCUT2D eigenvalue weighted by atomic mass is 32.2. The molecule has 5 rings (SSSR count). The lowest BCUT2D eigenvalue weighted by molar-refractivity contribution is -0.125. The van der Waals surface area contributed by atoms with Crippen LogP contribution in [-0.2, 0) is 31.2 Å². The van der Waals surface area contributed by atoms with Crippen molar-refractivity contribution < 1.29 is 28.6 Å². The number of nitrogens with zero attached hydrogens (tertiary/aromatic N) is 2. The van der Waals surface area contributed by atoms with Crippen LogP contribution in [0.3, 0.4) is 0 Å². The Bertz CT molecular complexity index is 2290. The van der Waals surface area contributed by atoms with Gasteiger partial charge in [-0.15, -0.1) is 0 Å². The van der Waals surface area contributed by atoms with Gasteiger partial charge in [0.2, 0.25) is 5.91 Å². The number of amides is 3. The van der Waals surface area contributed by atoms with E-state index in [1.54, 1.807) is 19.4 Å². The second kappa shape index (κ2) is 24.7. The molecule has 0 fully saturated rings. The number of hydrogen-bond acceptors (Lipinski definition) is 9. The standard InChI is InChI=1S/C56H79N5O6S/c1-12-61(13-2)44-24-25-48(46(38-44)49-37-43(27-32-57-49)52(64)58-47-23-17-20-41-19-14-15-22-45(41)47)59-51(63)42-21-16-18-40(36-42)39-68-56(9,10)31-35-67-54(5,6)28-26-50(62)60-53(3,4)29-34-66-55(7,8)30-33-65-11/h14-16,18-19,21-22,24-25,27,32,36-38,47H,12-13,17,20,23,26,28-31,33-35,39H2,1-11H3,(H,58,64)(H,59,63)(H,60,62)/t47-/m0/s1. The number of thioether (sulfide) groups is 1. The van der Waals surface area contributed by atoms with E-state index >= 15 is 0 Å². The van der Waals surface area contributed by atoms with Crippen molar-refractivity contribution in [3.8, 4) is 11.3 Å². The van der Waals surface area contributed by atoms with Gasteiger partial charge in [-0.1, -0.05) is 50.2 Å². The third-order valence-corrected chi connectivity index (χ3v) is 14.4. The number of ether oxygens (including phenoxy) is 3. The Kier molecular flexibility index (Phi) is 19.7. The van der Waals surface area contributed by atoms with E-state index in [2.05, 4.69) is 86.7 Å². The maximum absolute atomic E-state index is 14.0. The van der Waals surface area contributed by atoms with Crippen molar-refractivity contribution in [2.75, 3.05) is 50.2 Å². The van der Waals surface area contributed by atoms with Gasteiger partial charge in [-0.2, -0.15) is 11.8 Å². The topological polar surface area (TPSA) is 131 Å². The molecule has 3 amide bonds. The van der Waals surface area contributed by atoms with Crippen LogP contribution in [0.15, 0.2) is 85.1 Å². The lowest BCUT2D eigenvalue weighted by Crippen LogP contribution is -2.45. The number of pyridine rings is 1. The Morgan fingerprint density at radius 2 is 1.47 bits per heavy atom. The van der Waals surface area contributed by atoms with Crippen LogP contribution >= 0.6 is 11.8 Å². The number of anilines is 2. The van der Waals surface area contributed by atoms with Crippen LogP contribution in [-0.4, -0.2) is 84.2 Å². The molecule has 0 saturated heterocycles. The fraction of sp³-hybridized carbons (Fsp3) is 0.536. The molecule has 68 heavy (non-hydrogen) atoms. The quantitative estimate of drug-likeness (QED) is 0.0563. The summed E-state index contributed by atoms with van der Waals surface area (Å²) in [5.41, 5.74) is 6.43. The predicted octanol–water partition coefficient (Wildman–Crippen LogP) is 11.7. The molecule has 3 N–H and O–H groups in total. The molecular weight excluding hydrogens is 871 g/mol. The number of rotatable bonds is 26. The van der Waals surface area contributed by atoms with E-state index in [4.69, 9.17) is 19.2 Å². The zero-order valence-electron chi connectivity index (χ0n) is 42.8. The molecule has 0 radical (unpaired) electrons. The van der Waals surface area contributed by atoms with E-state index in [1.165, 1.54) is 11.1 Å². The molecule has 1 aliphatic rings. The van der Waals surface area contributed by atoms with Gasteiger partial charge in [0.15, 0.2) is 0 Å². The number of aryl methyl sites for hydroxylation is 1. The van der Waals surface area contributed by atoms with Crippen molar-refractivity contribution in [3.05, 3.63) is 113 Å². The highest BCUT2D eigenvalue weighted by Crippen LogP contribution is 2.35. The second-order valence-electron chi connectivity index (χ2n) is 20.5. The number of aromatic nitrogens is 1. The molecule has 11 nitrogen and oxygen atoms in total. The molecule has 0 bridgehead atoms. The van der Waals surface area contributed by atoms with Crippen LogP contribution in [0, 0.1) is 0 Å². The lowest BCUT2D eigenvalue weighted by Gasteiger charge is -2.31. The minimum Gasteiger partial charge on any atom is -0.385 e. The number of carbonyl (C=O) groups is 3. The summed E-state index contributed by atoms with van der Waals surface area (Å²) < 4.78 is 17.6. The fourth-order valence-electron chi connectivity index (χ4n) is 8.42. The third kappa shape index (κ3) is 16.7. The molecule has 1 heterocycles. The highest BCUT2D eigenvalue weighted by molar-refractivity contribution is 7.99. The summed E-state index contributed by atoms with van der Waals surface area (Å²) >= 11 is 1.82. The minimum atomic E-state index is -0.459. The van der Waals surface area contributed by atoms with Gasteiger partial charge in [-0.25, -0.2) is 0 Å². The number of benzene rings is 3. The summed E-state index contributed by atoms with van der Waals surface area (Å²) in [5, 5.41) is 9.65. The average Bonchev–Trinajstić information content (AvgIpc) is 3.30. The molecule has 1 atom stereocenters. The van der Waals surface area contributed by atoms with Crippen molar-refractivity contribution in [3.63, 3.8) is 0 Å². The van der Waals surface area contributed by atoms with Crippen molar-refractivity contribution >= 4 is 40.9 Å². The van der Waals surface area contributed by atoms with Crippen molar-refractivity contribution in [2.24, 2.45) is 0 Å². The van der Waals surface area contributed by atoms with E-state index in [0.29, 0.717) is 61.6 Å². The first-order valence-electron chi connectivity index (χ1n) is 24.6. The maximum Gasteiger partial charge on any atom is 0.255 e. The summed E-state index contributed by atoms with van der Waals surface area (Å²) in [6.45, 7) is 24.3. The molecule has 1 aliphatic carbocycles. The van der Waals surface area contributed by atoms with Crippen LogP contribution in [0.25, 0.3) is 11.3 Å². The van der Waals surface area contributed by atoms with Crippen LogP contribution in [0.5, 0.6) is 0 Å². The van der Waals surface area contributed by atoms with E-state index < -0.39 is 5.60 Å². The van der Waals surface area contributed by atoms with Gasteiger partial charge in [0.1, 0.15) is 0 Å². The van der Waals surface area contributed by atoms with Gasteiger partial charge in [-0.3, -0.25) is 19.4 Å². The lowest BCUT2D eigenvalue weighted by atomic mass is 9.87. The van der Waals surface area contributed by atoms with Gasteiger partial charge in [0.25, 0.3) is 11.8 Å². The number of fused-ring (bicyclic) bond motifs is 1. The highest BCUT2D eigenvalue weighted by Gasteiger charge is 2.28. The zero-order chi connectivity index (χ0) is 49.5. The molecule has 3 aromatic carbocycles. The van der Waals surface area contributed by atoms with Crippen molar-refractivity contribution in [2.45, 2.75) is 154 Å². The second-order valence-corrected chi connectivity index (χ2v) is 22.2. The Morgan fingerprint density at radius 1 is 0.765 bits per heavy atom. The zero-order valence-corrected chi connectivity index (χ0v) is 43.6. The molecule has 1 aromatic heterocycles. The fourth-order valence-corrected chi connectivity index (χ4v) is 9.38.